The number of carbonyl (C=O) groups excluding carboxylic acids is 1. The molecule has 2 rings (SSSR count). The fraction of sp³-hybridized carbons (Fsp3) is 0.944. The third kappa shape index (κ3) is 4.18. The van der Waals surface area contributed by atoms with Crippen LogP contribution in [0.5, 0.6) is 0 Å². The van der Waals surface area contributed by atoms with Crippen LogP contribution in [0.1, 0.15) is 54.4 Å². The van der Waals surface area contributed by atoms with E-state index in [0.29, 0.717) is 24.6 Å². The minimum Gasteiger partial charge on any atom is -0.444 e. The van der Waals surface area contributed by atoms with Crippen molar-refractivity contribution in [1.82, 2.24) is 10.2 Å². The Labute approximate surface area is 141 Å². The smallest absolute Gasteiger partial charge is 0.410 e. The van der Waals surface area contributed by atoms with E-state index in [-0.39, 0.29) is 11.5 Å². The molecule has 1 saturated carbocycles. The summed E-state index contributed by atoms with van der Waals surface area (Å²) in [6, 6.07) is 0.534. The predicted molar refractivity (Wildman–Crippen MR) is 91.5 cm³/mol. The van der Waals surface area contributed by atoms with E-state index in [9.17, 15) is 4.79 Å². The number of carbonyl (C=O) groups is 1. The highest BCUT2D eigenvalue weighted by atomic mass is 16.6. The Morgan fingerprint density at radius 1 is 1.39 bits per heavy atom. The van der Waals surface area contributed by atoms with E-state index >= 15 is 0 Å². The number of amides is 1. The molecule has 0 aromatic carbocycles. The van der Waals surface area contributed by atoms with Crippen molar-refractivity contribution >= 4 is 6.09 Å². The molecule has 1 heterocycles. The van der Waals surface area contributed by atoms with Crippen molar-refractivity contribution in [2.75, 3.05) is 26.2 Å². The lowest BCUT2D eigenvalue weighted by Crippen LogP contribution is -2.65. The van der Waals surface area contributed by atoms with Gasteiger partial charge in [0.2, 0.25) is 0 Å². The second-order valence-corrected chi connectivity index (χ2v) is 8.41. The number of nitrogens with one attached hydrogen (secondary N) is 1. The van der Waals surface area contributed by atoms with Crippen LogP contribution in [0.4, 0.5) is 4.79 Å². The SMILES string of the molecule is CCN(CCCNC1C2CCOC2C1(C)C)C(=O)OC(C)(C)C. The Kier molecular flexibility index (Phi) is 5.62. The molecule has 1 aliphatic heterocycles. The number of hydrogen-bond donors (Lipinski definition) is 1. The third-order valence-electron chi connectivity index (χ3n) is 5.10. The molecule has 1 N–H and O–H groups in total. The van der Waals surface area contributed by atoms with Gasteiger partial charge in [-0.2, -0.15) is 0 Å². The number of nitrogens with zero attached hydrogens (tertiary/aromatic N) is 1. The van der Waals surface area contributed by atoms with Gasteiger partial charge in [-0.05, 0) is 47.1 Å². The average Bonchev–Trinajstić information content (AvgIpc) is 2.87. The third-order valence-corrected chi connectivity index (χ3v) is 5.10. The van der Waals surface area contributed by atoms with Gasteiger partial charge in [-0.1, -0.05) is 13.8 Å². The molecular weight excluding hydrogens is 292 g/mol. The summed E-state index contributed by atoms with van der Waals surface area (Å²) < 4.78 is 11.3. The molecule has 5 nitrogen and oxygen atoms in total. The van der Waals surface area contributed by atoms with E-state index < -0.39 is 5.60 Å². The van der Waals surface area contributed by atoms with Gasteiger partial charge in [0.1, 0.15) is 5.60 Å². The van der Waals surface area contributed by atoms with Gasteiger partial charge in [0, 0.05) is 37.1 Å². The first-order chi connectivity index (χ1) is 10.7. The molecule has 3 unspecified atom stereocenters. The molecule has 1 aliphatic carbocycles. The zero-order chi connectivity index (χ0) is 17.3. The summed E-state index contributed by atoms with van der Waals surface area (Å²) in [4.78, 5) is 13.9. The van der Waals surface area contributed by atoms with E-state index in [0.717, 1.165) is 26.1 Å². The summed E-state index contributed by atoms with van der Waals surface area (Å²) >= 11 is 0. The van der Waals surface area contributed by atoms with Gasteiger partial charge in [0.15, 0.2) is 0 Å². The fourth-order valence-corrected chi connectivity index (χ4v) is 3.97. The van der Waals surface area contributed by atoms with Gasteiger partial charge >= 0.3 is 6.09 Å². The molecule has 5 heteroatoms. The van der Waals surface area contributed by atoms with Crippen LogP contribution in [-0.4, -0.2) is 55.0 Å². The molecule has 3 atom stereocenters. The standard InChI is InChI=1S/C18H34N2O3/c1-7-20(16(21)23-17(2,3)4)11-8-10-19-14-13-9-12-22-15(13)18(14,5)6/h13-15,19H,7-12H2,1-6H3. The van der Waals surface area contributed by atoms with Gasteiger partial charge in [0.25, 0.3) is 0 Å². The van der Waals surface area contributed by atoms with E-state index in [1.807, 2.05) is 27.7 Å². The van der Waals surface area contributed by atoms with Gasteiger partial charge in [-0.15, -0.1) is 0 Å². The highest BCUT2D eigenvalue weighted by molar-refractivity contribution is 5.68. The highest BCUT2D eigenvalue weighted by Gasteiger charge is 2.58. The lowest BCUT2D eigenvalue weighted by atomic mass is 9.57. The van der Waals surface area contributed by atoms with Crippen LogP contribution in [0.15, 0.2) is 0 Å². The molecule has 134 valence electrons. The first-order valence-electron chi connectivity index (χ1n) is 8.99. The Morgan fingerprint density at radius 2 is 2.09 bits per heavy atom. The van der Waals surface area contributed by atoms with Gasteiger partial charge in [-0.25, -0.2) is 4.79 Å². The maximum atomic E-state index is 12.1. The zero-order valence-electron chi connectivity index (χ0n) is 15.6. The summed E-state index contributed by atoms with van der Waals surface area (Å²) in [6.45, 7) is 15.5. The number of fused-ring (bicyclic) bond motifs is 1. The number of ether oxygens (including phenoxy) is 2. The predicted octanol–water partition coefficient (Wildman–Crippen LogP) is 3.04. The first kappa shape index (κ1) is 18.5. The van der Waals surface area contributed by atoms with Crippen molar-refractivity contribution in [3.8, 4) is 0 Å². The second-order valence-electron chi connectivity index (χ2n) is 8.41. The first-order valence-corrected chi connectivity index (χ1v) is 8.99. The van der Waals surface area contributed by atoms with Gasteiger partial charge in [0.05, 0.1) is 6.10 Å². The minimum absolute atomic E-state index is 0.215. The summed E-state index contributed by atoms with van der Waals surface area (Å²) in [5.41, 5.74) is -0.215. The van der Waals surface area contributed by atoms with Crippen LogP contribution in [0, 0.1) is 11.3 Å². The molecule has 0 bridgehead atoms. The minimum atomic E-state index is -0.434. The van der Waals surface area contributed by atoms with Crippen molar-refractivity contribution in [1.29, 1.82) is 0 Å². The molecule has 0 radical (unpaired) electrons. The Balaban J connectivity index is 1.71. The molecular formula is C18H34N2O3. The zero-order valence-corrected chi connectivity index (χ0v) is 15.6. The topological polar surface area (TPSA) is 50.8 Å². The molecule has 2 fully saturated rings. The van der Waals surface area contributed by atoms with E-state index in [4.69, 9.17) is 9.47 Å². The summed E-state index contributed by atoms with van der Waals surface area (Å²) in [5, 5.41) is 3.69. The van der Waals surface area contributed by atoms with E-state index in [2.05, 4.69) is 19.2 Å². The second kappa shape index (κ2) is 6.98. The van der Waals surface area contributed by atoms with Crippen LogP contribution in [0.2, 0.25) is 0 Å². The monoisotopic (exact) mass is 326 g/mol. The van der Waals surface area contributed by atoms with Crippen LogP contribution in [-0.2, 0) is 9.47 Å². The normalized spacial score (nSPS) is 28.9. The molecule has 0 aromatic heterocycles. The summed E-state index contributed by atoms with van der Waals surface area (Å²) in [6.07, 6.45) is 2.32. The highest BCUT2D eigenvalue weighted by Crippen LogP contribution is 2.51. The molecule has 0 aromatic rings. The summed E-state index contributed by atoms with van der Waals surface area (Å²) in [5.74, 6) is 0.665. The van der Waals surface area contributed by atoms with E-state index in [1.165, 1.54) is 6.42 Å². The van der Waals surface area contributed by atoms with Crippen LogP contribution in [0.25, 0.3) is 0 Å². The quantitative estimate of drug-likeness (QED) is 0.762. The maximum absolute atomic E-state index is 12.1. The van der Waals surface area contributed by atoms with Crippen LogP contribution >= 0.6 is 0 Å². The lowest BCUT2D eigenvalue weighted by Gasteiger charge is -2.55. The van der Waals surface area contributed by atoms with Gasteiger partial charge in [-0.3, -0.25) is 0 Å². The molecule has 2 aliphatic rings. The largest absolute Gasteiger partial charge is 0.444 e. The Morgan fingerprint density at radius 3 is 2.70 bits per heavy atom. The van der Waals surface area contributed by atoms with Crippen molar-refractivity contribution in [2.24, 2.45) is 11.3 Å². The fourth-order valence-electron chi connectivity index (χ4n) is 3.97. The molecule has 1 amide bonds. The molecule has 0 spiro atoms. The van der Waals surface area contributed by atoms with Crippen molar-refractivity contribution in [2.45, 2.75) is 72.1 Å². The Bertz CT molecular complexity index is 417. The average molecular weight is 326 g/mol. The van der Waals surface area contributed by atoms with Crippen molar-refractivity contribution in [3.05, 3.63) is 0 Å². The number of hydrogen-bond acceptors (Lipinski definition) is 4. The molecule has 23 heavy (non-hydrogen) atoms. The van der Waals surface area contributed by atoms with Crippen LogP contribution in [0.3, 0.4) is 0 Å². The summed E-state index contributed by atoms with van der Waals surface area (Å²) in [7, 11) is 0. The molecule has 1 saturated heterocycles. The van der Waals surface area contributed by atoms with E-state index in [1.54, 1.807) is 4.90 Å². The van der Waals surface area contributed by atoms with Crippen molar-refractivity contribution < 1.29 is 14.3 Å². The number of rotatable bonds is 6. The van der Waals surface area contributed by atoms with Gasteiger partial charge < -0.3 is 19.7 Å². The maximum Gasteiger partial charge on any atom is 0.410 e. The van der Waals surface area contributed by atoms with Crippen molar-refractivity contribution in [3.63, 3.8) is 0 Å². The van der Waals surface area contributed by atoms with Crippen LogP contribution < -0.4 is 5.32 Å². The lowest BCUT2D eigenvalue weighted by molar-refractivity contribution is -0.112. The Hall–Kier alpha value is -0.810.